The van der Waals surface area contributed by atoms with Gasteiger partial charge in [0.1, 0.15) is 0 Å². The number of nitrogens with zero attached hydrogens (tertiary/aromatic N) is 1. The van der Waals surface area contributed by atoms with E-state index < -0.39 is 10.0 Å². The van der Waals surface area contributed by atoms with Gasteiger partial charge in [0.25, 0.3) is 0 Å². The van der Waals surface area contributed by atoms with Crippen molar-refractivity contribution >= 4 is 50.0 Å². The molecule has 1 amide bonds. The Labute approximate surface area is 151 Å². The summed E-state index contributed by atoms with van der Waals surface area (Å²) in [6.07, 6.45) is 1.82. The van der Waals surface area contributed by atoms with Gasteiger partial charge in [-0.2, -0.15) is 4.31 Å². The molecule has 1 aliphatic rings. The summed E-state index contributed by atoms with van der Waals surface area (Å²) >= 11 is 3.31. The zero-order valence-corrected chi connectivity index (χ0v) is 16.2. The smallest absolute Gasteiger partial charge is 0.243 e. The van der Waals surface area contributed by atoms with Crippen molar-refractivity contribution < 1.29 is 13.2 Å². The number of anilines is 1. The third kappa shape index (κ3) is 4.90. The lowest BCUT2D eigenvalue weighted by Gasteiger charge is -2.31. The topological polar surface area (TPSA) is 78.5 Å². The number of hydrogen-bond donors (Lipinski definition) is 2. The van der Waals surface area contributed by atoms with Gasteiger partial charge in [-0.25, -0.2) is 8.42 Å². The summed E-state index contributed by atoms with van der Waals surface area (Å²) in [5.41, 5.74) is 0.554. The van der Waals surface area contributed by atoms with Gasteiger partial charge in [-0.3, -0.25) is 4.79 Å². The maximum absolute atomic E-state index is 12.7. The van der Waals surface area contributed by atoms with Crippen LogP contribution in [0.1, 0.15) is 19.8 Å². The Bertz CT molecular complexity index is 669. The van der Waals surface area contributed by atoms with E-state index in [1.807, 2.05) is 7.05 Å². The van der Waals surface area contributed by atoms with Gasteiger partial charge in [-0.15, -0.1) is 12.4 Å². The highest BCUT2D eigenvalue weighted by atomic mass is 79.9. The highest BCUT2D eigenvalue weighted by molar-refractivity contribution is 9.10. The number of piperidine rings is 1. The minimum Gasteiger partial charge on any atom is -0.325 e. The van der Waals surface area contributed by atoms with Gasteiger partial charge in [-0.05, 0) is 54.0 Å². The first-order valence-corrected chi connectivity index (χ1v) is 9.32. The number of halogens is 2. The van der Waals surface area contributed by atoms with Crippen LogP contribution >= 0.6 is 28.3 Å². The van der Waals surface area contributed by atoms with Crippen LogP contribution in [0.3, 0.4) is 0 Å². The summed E-state index contributed by atoms with van der Waals surface area (Å²) in [6.45, 7) is 2.41. The van der Waals surface area contributed by atoms with Crippen LogP contribution in [0.5, 0.6) is 0 Å². The molecule has 0 saturated carbocycles. The lowest BCUT2D eigenvalue weighted by Crippen LogP contribution is -2.46. The number of hydrogen-bond acceptors (Lipinski definition) is 4. The molecule has 1 aromatic carbocycles. The Morgan fingerprint density at radius 1 is 1.39 bits per heavy atom. The number of nitrogens with one attached hydrogen (secondary N) is 2. The predicted octanol–water partition coefficient (Wildman–Crippen LogP) is 2.20. The van der Waals surface area contributed by atoms with E-state index in [1.165, 1.54) is 23.4 Å². The Morgan fingerprint density at radius 3 is 2.65 bits per heavy atom. The molecule has 0 radical (unpaired) electrons. The highest BCUT2D eigenvalue weighted by Gasteiger charge is 2.30. The van der Waals surface area contributed by atoms with Crippen molar-refractivity contribution in [2.45, 2.75) is 30.7 Å². The van der Waals surface area contributed by atoms with Crippen LogP contribution in [0.4, 0.5) is 5.69 Å². The molecule has 0 aromatic heterocycles. The van der Waals surface area contributed by atoms with E-state index >= 15 is 0 Å². The molecule has 0 bridgehead atoms. The van der Waals surface area contributed by atoms with Crippen LogP contribution < -0.4 is 10.6 Å². The maximum atomic E-state index is 12.7. The number of carbonyl (C=O) groups is 1. The van der Waals surface area contributed by atoms with Gasteiger partial charge in [0, 0.05) is 30.5 Å². The van der Waals surface area contributed by atoms with Crippen molar-refractivity contribution in [3.05, 3.63) is 22.7 Å². The molecule has 6 nitrogen and oxygen atoms in total. The van der Waals surface area contributed by atoms with Crippen molar-refractivity contribution in [1.82, 2.24) is 9.62 Å². The van der Waals surface area contributed by atoms with Crippen molar-refractivity contribution in [3.63, 3.8) is 0 Å². The summed E-state index contributed by atoms with van der Waals surface area (Å²) in [5.74, 6) is -0.204. The molecule has 0 spiro atoms. The average molecular weight is 427 g/mol. The van der Waals surface area contributed by atoms with Crippen molar-refractivity contribution in [2.24, 2.45) is 0 Å². The fourth-order valence-corrected chi connectivity index (χ4v) is 4.67. The fraction of sp³-hybridized carbons (Fsp3) is 0.500. The zero-order valence-electron chi connectivity index (χ0n) is 13.0. The first-order valence-electron chi connectivity index (χ1n) is 7.09. The highest BCUT2D eigenvalue weighted by Crippen LogP contribution is 2.28. The predicted molar refractivity (Wildman–Crippen MR) is 96.5 cm³/mol. The molecule has 2 rings (SSSR count). The molecule has 1 saturated heterocycles. The van der Waals surface area contributed by atoms with E-state index in [1.54, 1.807) is 6.07 Å². The summed E-state index contributed by atoms with van der Waals surface area (Å²) < 4.78 is 27.5. The number of rotatable bonds is 4. The van der Waals surface area contributed by atoms with Crippen LogP contribution in [0.15, 0.2) is 27.6 Å². The van der Waals surface area contributed by atoms with Crippen molar-refractivity contribution in [1.29, 1.82) is 0 Å². The lowest BCUT2D eigenvalue weighted by molar-refractivity contribution is -0.114. The zero-order chi connectivity index (χ0) is 16.3. The molecule has 23 heavy (non-hydrogen) atoms. The van der Waals surface area contributed by atoms with E-state index in [-0.39, 0.29) is 29.3 Å². The number of likely N-dealkylation sites (N-methyl/N-ethyl adjacent to an activating group) is 1. The minimum absolute atomic E-state index is 0. The molecule has 1 fully saturated rings. The number of amides is 1. The molecule has 9 heteroatoms. The van der Waals surface area contributed by atoms with Crippen LogP contribution in [-0.2, 0) is 14.8 Å². The monoisotopic (exact) mass is 425 g/mol. The van der Waals surface area contributed by atoms with Gasteiger partial charge >= 0.3 is 0 Å². The summed E-state index contributed by atoms with van der Waals surface area (Å²) in [5, 5.41) is 5.78. The molecule has 0 aliphatic carbocycles. The number of benzene rings is 1. The normalized spacial score (nSPS) is 19.0. The second-order valence-corrected chi connectivity index (χ2v) is 8.11. The van der Waals surface area contributed by atoms with E-state index in [0.29, 0.717) is 23.2 Å². The Kier molecular flexibility index (Phi) is 7.47. The number of carbonyl (C=O) groups excluding carboxylic acids is 1. The first kappa shape index (κ1) is 20.4. The largest absolute Gasteiger partial charge is 0.325 e. The van der Waals surface area contributed by atoms with Gasteiger partial charge in [0.05, 0.1) is 10.6 Å². The summed E-state index contributed by atoms with van der Waals surface area (Å²) in [4.78, 5) is 11.3. The average Bonchev–Trinajstić information content (AvgIpc) is 2.49. The van der Waals surface area contributed by atoms with Gasteiger partial charge in [0.2, 0.25) is 15.9 Å². The van der Waals surface area contributed by atoms with Gasteiger partial charge < -0.3 is 10.6 Å². The van der Waals surface area contributed by atoms with Crippen LogP contribution in [0, 0.1) is 0 Å². The summed E-state index contributed by atoms with van der Waals surface area (Å²) in [7, 11) is -1.68. The molecule has 1 heterocycles. The Balaban J connectivity index is 0.00000264. The molecule has 130 valence electrons. The van der Waals surface area contributed by atoms with E-state index in [0.717, 1.165) is 12.8 Å². The standard InChI is InChI=1S/C14H20BrN3O3S.ClH/c1-10(19)17-14-6-5-12(8-13(14)15)22(20,21)18-7-3-4-11(9-18)16-2;/h5-6,8,11,16H,3-4,7,9H2,1-2H3,(H,17,19);1H. The summed E-state index contributed by atoms with van der Waals surface area (Å²) in [6, 6.07) is 4.83. The molecule has 1 unspecified atom stereocenters. The molecule has 1 atom stereocenters. The Hall–Kier alpha value is -0.670. The molecular formula is C14H21BrClN3O3S. The third-order valence-corrected chi connectivity index (χ3v) is 6.20. The van der Waals surface area contributed by atoms with Crippen LogP contribution in [-0.4, -0.2) is 44.8 Å². The van der Waals surface area contributed by atoms with Crippen molar-refractivity contribution in [3.8, 4) is 0 Å². The van der Waals surface area contributed by atoms with E-state index in [4.69, 9.17) is 0 Å². The SMILES string of the molecule is CNC1CCCN(S(=O)(=O)c2ccc(NC(C)=O)c(Br)c2)C1.Cl. The van der Waals surface area contributed by atoms with Gasteiger partial charge in [-0.1, -0.05) is 0 Å². The quantitative estimate of drug-likeness (QED) is 0.774. The number of sulfonamides is 1. The fourth-order valence-electron chi connectivity index (χ4n) is 2.49. The van der Waals surface area contributed by atoms with E-state index in [9.17, 15) is 13.2 Å². The maximum Gasteiger partial charge on any atom is 0.243 e. The molecule has 1 aliphatic heterocycles. The first-order chi connectivity index (χ1) is 10.3. The van der Waals surface area contributed by atoms with Crippen LogP contribution in [0.2, 0.25) is 0 Å². The molecule has 1 aromatic rings. The Morgan fingerprint density at radius 2 is 2.09 bits per heavy atom. The minimum atomic E-state index is -3.52. The van der Waals surface area contributed by atoms with Crippen LogP contribution in [0.25, 0.3) is 0 Å². The second-order valence-electron chi connectivity index (χ2n) is 5.31. The van der Waals surface area contributed by atoms with E-state index in [2.05, 4.69) is 26.6 Å². The lowest BCUT2D eigenvalue weighted by atomic mass is 10.1. The van der Waals surface area contributed by atoms with Crippen molar-refractivity contribution in [2.75, 3.05) is 25.5 Å². The third-order valence-electron chi connectivity index (χ3n) is 3.68. The van der Waals surface area contributed by atoms with Gasteiger partial charge in [0.15, 0.2) is 0 Å². The molecular weight excluding hydrogens is 406 g/mol. The second kappa shape index (κ2) is 8.43. The molecule has 2 N–H and O–H groups in total.